The Hall–Kier alpha value is -0.610. The van der Waals surface area contributed by atoms with E-state index in [2.05, 4.69) is 10.6 Å². The molecule has 2 saturated carbocycles. The van der Waals surface area contributed by atoms with Gasteiger partial charge in [-0.1, -0.05) is 0 Å². The molecule has 3 atom stereocenters. The lowest BCUT2D eigenvalue weighted by Gasteiger charge is -2.39. The van der Waals surface area contributed by atoms with Crippen LogP contribution < -0.4 is 16.4 Å². The molecular formula is C17H29N3O. The molecule has 3 unspecified atom stereocenters. The molecule has 0 aromatic rings. The number of piperidine rings is 1. The summed E-state index contributed by atoms with van der Waals surface area (Å²) < 4.78 is 0. The molecular weight excluding hydrogens is 262 g/mol. The summed E-state index contributed by atoms with van der Waals surface area (Å²) >= 11 is 0. The maximum atomic E-state index is 11.5. The Labute approximate surface area is 127 Å². The first-order valence-electron chi connectivity index (χ1n) is 8.92. The van der Waals surface area contributed by atoms with E-state index in [0.29, 0.717) is 5.54 Å². The van der Waals surface area contributed by atoms with E-state index in [1.54, 1.807) is 0 Å². The van der Waals surface area contributed by atoms with Crippen molar-refractivity contribution in [3.63, 3.8) is 0 Å². The summed E-state index contributed by atoms with van der Waals surface area (Å²) in [6.07, 6.45) is 11.4. The molecule has 2 saturated heterocycles. The van der Waals surface area contributed by atoms with Crippen molar-refractivity contribution in [2.45, 2.75) is 68.9 Å². The van der Waals surface area contributed by atoms with Crippen LogP contribution in [0.15, 0.2) is 0 Å². The lowest BCUT2D eigenvalue weighted by atomic mass is 9.73. The van der Waals surface area contributed by atoms with Gasteiger partial charge in [-0.05, 0) is 82.7 Å². The number of carbonyl (C=O) groups is 1. The third-order valence-corrected chi connectivity index (χ3v) is 7.01. The van der Waals surface area contributed by atoms with Crippen molar-refractivity contribution in [3.8, 4) is 0 Å². The van der Waals surface area contributed by atoms with Gasteiger partial charge in [0.1, 0.15) is 0 Å². The molecule has 4 aliphatic rings. The number of hydrogen-bond acceptors (Lipinski definition) is 3. The van der Waals surface area contributed by atoms with Crippen LogP contribution in [0.3, 0.4) is 0 Å². The van der Waals surface area contributed by atoms with Crippen LogP contribution in [-0.4, -0.2) is 30.1 Å². The van der Waals surface area contributed by atoms with Gasteiger partial charge >= 0.3 is 0 Å². The number of primary amides is 1. The van der Waals surface area contributed by atoms with Gasteiger partial charge in [-0.25, -0.2) is 0 Å². The highest BCUT2D eigenvalue weighted by molar-refractivity contribution is 5.77. The minimum absolute atomic E-state index is 0.0840. The Morgan fingerprint density at radius 2 is 1.81 bits per heavy atom. The molecule has 21 heavy (non-hydrogen) atoms. The van der Waals surface area contributed by atoms with Gasteiger partial charge in [-0.3, -0.25) is 4.79 Å². The Kier molecular flexibility index (Phi) is 3.30. The molecule has 1 amide bonds. The fourth-order valence-electron chi connectivity index (χ4n) is 5.63. The maximum absolute atomic E-state index is 11.5. The van der Waals surface area contributed by atoms with Crippen molar-refractivity contribution >= 4 is 5.91 Å². The predicted octanol–water partition coefficient (Wildman–Crippen LogP) is 1.54. The number of nitrogens with two attached hydrogens (primary N) is 1. The first-order chi connectivity index (χ1) is 10.1. The highest BCUT2D eigenvalue weighted by Gasteiger charge is 2.59. The molecule has 4 N–H and O–H groups in total. The van der Waals surface area contributed by atoms with Gasteiger partial charge in [0.25, 0.3) is 0 Å². The molecule has 4 nitrogen and oxygen atoms in total. The molecule has 0 radical (unpaired) electrons. The van der Waals surface area contributed by atoms with E-state index in [0.717, 1.165) is 31.2 Å². The van der Waals surface area contributed by atoms with Crippen LogP contribution in [0.5, 0.6) is 0 Å². The normalized spacial score (nSPS) is 49.6. The highest BCUT2D eigenvalue weighted by Crippen LogP contribution is 2.57. The van der Waals surface area contributed by atoms with Crippen LogP contribution in [0, 0.1) is 17.8 Å². The highest BCUT2D eigenvalue weighted by atomic mass is 16.1. The molecule has 2 aliphatic carbocycles. The standard InChI is InChI=1S/C17H29N3O/c18-15(21)13-4-9-20-17(10-13)11-14(17)12-2-6-16(7-3-12)5-1-8-19-16/h12-14,19-20H,1-11H2,(H2,18,21). The van der Waals surface area contributed by atoms with Crippen LogP contribution in [-0.2, 0) is 4.79 Å². The molecule has 4 rings (SSSR count). The van der Waals surface area contributed by atoms with Gasteiger partial charge in [0.05, 0.1) is 0 Å². The minimum atomic E-state index is -0.0840. The van der Waals surface area contributed by atoms with Gasteiger partial charge in [0.15, 0.2) is 0 Å². The van der Waals surface area contributed by atoms with Crippen molar-refractivity contribution in [1.82, 2.24) is 10.6 Å². The summed E-state index contributed by atoms with van der Waals surface area (Å²) in [4.78, 5) is 11.5. The summed E-state index contributed by atoms with van der Waals surface area (Å²) in [5, 5.41) is 7.51. The Balaban J connectivity index is 1.36. The lowest BCUT2D eigenvalue weighted by Crippen LogP contribution is -2.47. The third kappa shape index (κ3) is 2.40. The summed E-state index contributed by atoms with van der Waals surface area (Å²) in [5.74, 6) is 1.71. The van der Waals surface area contributed by atoms with E-state index in [4.69, 9.17) is 5.73 Å². The van der Waals surface area contributed by atoms with Gasteiger partial charge in [-0.2, -0.15) is 0 Å². The van der Waals surface area contributed by atoms with E-state index in [-0.39, 0.29) is 17.4 Å². The number of rotatable bonds is 2. The second kappa shape index (κ2) is 4.95. The first-order valence-corrected chi connectivity index (χ1v) is 8.92. The Morgan fingerprint density at radius 1 is 1.00 bits per heavy atom. The third-order valence-electron chi connectivity index (χ3n) is 7.01. The summed E-state index contributed by atoms with van der Waals surface area (Å²) in [5.41, 5.74) is 6.31. The average Bonchev–Trinajstić information content (AvgIpc) is 2.97. The second-order valence-electron chi connectivity index (χ2n) is 8.13. The van der Waals surface area contributed by atoms with Crippen LogP contribution in [0.4, 0.5) is 0 Å². The Morgan fingerprint density at radius 3 is 2.48 bits per heavy atom. The van der Waals surface area contributed by atoms with Gasteiger partial charge in [0, 0.05) is 17.0 Å². The monoisotopic (exact) mass is 291 g/mol. The van der Waals surface area contributed by atoms with E-state index in [9.17, 15) is 4.79 Å². The number of amides is 1. The zero-order valence-electron chi connectivity index (χ0n) is 13.0. The average molecular weight is 291 g/mol. The molecule has 2 heterocycles. The fourth-order valence-corrected chi connectivity index (χ4v) is 5.63. The largest absolute Gasteiger partial charge is 0.369 e. The van der Waals surface area contributed by atoms with Crippen molar-refractivity contribution in [3.05, 3.63) is 0 Å². The van der Waals surface area contributed by atoms with Crippen LogP contribution in [0.2, 0.25) is 0 Å². The summed E-state index contributed by atoms with van der Waals surface area (Å²) in [6, 6.07) is 0. The van der Waals surface area contributed by atoms with Crippen LogP contribution >= 0.6 is 0 Å². The smallest absolute Gasteiger partial charge is 0.220 e. The Bertz CT molecular complexity index is 422. The van der Waals surface area contributed by atoms with Gasteiger partial charge in [-0.15, -0.1) is 0 Å². The lowest BCUT2D eigenvalue weighted by molar-refractivity contribution is -0.123. The SMILES string of the molecule is NC(=O)C1CCNC2(C1)CC2C1CCC2(CCCN2)CC1. The van der Waals surface area contributed by atoms with E-state index < -0.39 is 0 Å². The quantitative estimate of drug-likeness (QED) is 0.723. The molecule has 4 fully saturated rings. The molecule has 118 valence electrons. The van der Waals surface area contributed by atoms with E-state index in [1.807, 2.05) is 0 Å². The van der Waals surface area contributed by atoms with E-state index >= 15 is 0 Å². The van der Waals surface area contributed by atoms with Gasteiger partial charge in [0.2, 0.25) is 5.91 Å². The molecule has 0 aromatic carbocycles. The summed E-state index contributed by atoms with van der Waals surface area (Å²) in [7, 11) is 0. The number of hydrogen-bond donors (Lipinski definition) is 3. The first kappa shape index (κ1) is 14.0. The molecule has 4 heteroatoms. The molecule has 0 bridgehead atoms. The second-order valence-corrected chi connectivity index (χ2v) is 8.13. The number of nitrogens with one attached hydrogen (secondary N) is 2. The molecule has 2 spiro atoms. The van der Waals surface area contributed by atoms with Crippen molar-refractivity contribution < 1.29 is 4.79 Å². The zero-order valence-corrected chi connectivity index (χ0v) is 13.0. The van der Waals surface area contributed by atoms with Crippen molar-refractivity contribution in [2.75, 3.05) is 13.1 Å². The number of carbonyl (C=O) groups excluding carboxylic acids is 1. The predicted molar refractivity (Wildman–Crippen MR) is 82.7 cm³/mol. The fraction of sp³-hybridized carbons (Fsp3) is 0.941. The molecule has 2 aliphatic heterocycles. The topological polar surface area (TPSA) is 67.2 Å². The molecule has 0 aromatic heterocycles. The minimum Gasteiger partial charge on any atom is -0.369 e. The van der Waals surface area contributed by atoms with Crippen molar-refractivity contribution in [1.29, 1.82) is 0 Å². The maximum Gasteiger partial charge on any atom is 0.220 e. The van der Waals surface area contributed by atoms with E-state index in [1.165, 1.54) is 51.5 Å². The van der Waals surface area contributed by atoms with Crippen molar-refractivity contribution in [2.24, 2.45) is 23.5 Å². The van der Waals surface area contributed by atoms with Crippen LogP contribution in [0.1, 0.15) is 57.8 Å². The van der Waals surface area contributed by atoms with Crippen LogP contribution in [0.25, 0.3) is 0 Å². The van der Waals surface area contributed by atoms with Gasteiger partial charge < -0.3 is 16.4 Å². The summed E-state index contributed by atoms with van der Waals surface area (Å²) in [6.45, 7) is 2.20. The zero-order chi connectivity index (χ0) is 14.5.